The first-order valence-electron chi connectivity index (χ1n) is 44.4. The van der Waals surface area contributed by atoms with Crippen molar-refractivity contribution in [3.63, 3.8) is 0 Å². The first-order chi connectivity index (χ1) is 50.6. The smallest absolute Gasteiger partial charge is 0.361 e. The summed E-state index contributed by atoms with van der Waals surface area (Å²) in [6.45, 7) is 4.83. The van der Waals surface area contributed by atoms with Crippen LogP contribution in [-0.2, 0) is 33.3 Å². The Morgan fingerprint density at radius 3 is 0.835 bits per heavy atom. The maximum atomic E-state index is 13.0. The minimum absolute atomic E-state index is 0.178. The summed E-state index contributed by atoms with van der Waals surface area (Å²) in [6, 6.07) is 0. The fourth-order valence-electron chi connectivity index (χ4n) is 13.1. The molecule has 0 amide bonds. The number of quaternary nitrogens is 1. The van der Waals surface area contributed by atoms with Gasteiger partial charge < -0.3 is 28.5 Å². The van der Waals surface area contributed by atoms with E-state index in [0.717, 1.165) is 83.5 Å². The van der Waals surface area contributed by atoms with E-state index < -0.39 is 18.4 Å². The Balaban J connectivity index is 3.94. The number of ether oxygens (including phenoxy) is 4. The van der Waals surface area contributed by atoms with E-state index >= 15 is 0 Å². The summed E-state index contributed by atoms with van der Waals surface area (Å²) in [6.07, 6.45) is 115. The van der Waals surface area contributed by atoms with E-state index in [4.69, 9.17) is 18.9 Å². The van der Waals surface area contributed by atoms with Crippen molar-refractivity contribution in [3.8, 4) is 0 Å². The van der Waals surface area contributed by atoms with Crippen LogP contribution >= 0.6 is 0 Å². The second-order valence-corrected chi connectivity index (χ2v) is 31.2. The maximum absolute atomic E-state index is 13.0. The Kier molecular flexibility index (Phi) is 80.8. The molecule has 9 heteroatoms. The average Bonchev–Trinajstić information content (AvgIpc) is 1.01. The number of aliphatic carboxylic acids is 1. The van der Waals surface area contributed by atoms with Crippen LogP contribution in [0.15, 0.2) is 97.2 Å². The lowest BCUT2D eigenvalue weighted by Crippen LogP contribution is -2.40. The summed E-state index contributed by atoms with van der Waals surface area (Å²) in [5.41, 5.74) is 0. The number of nitrogens with zero attached hydrogens (tertiary/aromatic N) is 1. The van der Waals surface area contributed by atoms with Crippen molar-refractivity contribution in [2.24, 2.45) is 0 Å². The number of carboxylic acid groups (broad SMARTS) is 1. The quantitative estimate of drug-likeness (QED) is 0.0211. The van der Waals surface area contributed by atoms with Crippen molar-refractivity contribution >= 4 is 17.9 Å². The molecule has 0 saturated carbocycles. The lowest BCUT2D eigenvalue weighted by molar-refractivity contribution is -0.870. The monoisotopic (exact) mass is 1440 g/mol. The van der Waals surface area contributed by atoms with Crippen LogP contribution in [-0.4, -0.2) is 87.4 Å². The van der Waals surface area contributed by atoms with Crippen molar-refractivity contribution in [3.05, 3.63) is 97.2 Å². The van der Waals surface area contributed by atoms with Gasteiger partial charge in [0.2, 0.25) is 0 Å². The minimum Gasteiger partial charge on any atom is -0.477 e. The number of allylic oxidation sites excluding steroid dienone is 16. The molecule has 0 aliphatic heterocycles. The minimum atomic E-state index is -1.51. The number of rotatable bonds is 83. The van der Waals surface area contributed by atoms with Gasteiger partial charge in [0.25, 0.3) is 6.29 Å². The zero-order valence-electron chi connectivity index (χ0n) is 68.7. The molecule has 0 spiro atoms. The summed E-state index contributed by atoms with van der Waals surface area (Å²) < 4.78 is 23.1. The Morgan fingerprint density at radius 2 is 0.553 bits per heavy atom. The molecule has 0 saturated heterocycles. The normalized spacial score (nSPS) is 13.1. The molecule has 0 radical (unpaired) electrons. The van der Waals surface area contributed by atoms with Crippen LogP contribution in [0.2, 0.25) is 0 Å². The van der Waals surface area contributed by atoms with Crippen molar-refractivity contribution in [1.82, 2.24) is 0 Å². The topological polar surface area (TPSA) is 108 Å². The van der Waals surface area contributed by atoms with Crippen molar-refractivity contribution in [2.45, 2.75) is 437 Å². The zero-order valence-corrected chi connectivity index (χ0v) is 68.7. The summed E-state index contributed by atoms with van der Waals surface area (Å²) >= 11 is 0. The Bertz CT molecular complexity index is 2030. The van der Waals surface area contributed by atoms with E-state index in [9.17, 15) is 19.5 Å². The van der Waals surface area contributed by atoms with Crippen LogP contribution in [0.1, 0.15) is 425 Å². The molecule has 0 aromatic rings. The molecule has 0 aliphatic rings. The van der Waals surface area contributed by atoms with Crippen LogP contribution in [0.5, 0.6) is 0 Å². The van der Waals surface area contributed by atoms with Gasteiger partial charge in [0.1, 0.15) is 13.2 Å². The first-order valence-corrected chi connectivity index (χ1v) is 44.4. The fraction of sp³-hybridized carbons (Fsp3) is 0.798. The third kappa shape index (κ3) is 85.3. The molecule has 103 heavy (non-hydrogen) atoms. The molecule has 0 heterocycles. The van der Waals surface area contributed by atoms with Crippen molar-refractivity contribution < 1.29 is 42.9 Å². The highest BCUT2D eigenvalue weighted by molar-refractivity contribution is 5.71. The summed E-state index contributed by atoms with van der Waals surface area (Å²) in [5, 5.41) is 9.79. The molecule has 0 aromatic heterocycles. The van der Waals surface area contributed by atoms with Gasteiger partial charge >= 0.3 is 17.9 Å². The van der Waals surface area contributed by atoms with Gasteiger partial charge in [0.05, 0.1) is 34.4 Å². The van der Waals surface area contributed by atoms with E-state index in [0.29, 0.717) is 17.4 Å². The van der Waals surface area contributed by atoms with Crippen LogP contribution in [0.25, 0.3) is 0 Å². The van der Waals surface area contributed by atoms with Gasteiger partial charge in [-0.05, 0) is 96.3 Å². The zero-order chi connectivity index (χ0) is 74.6. The number of unbranched alkanes of at least 4 members (excludes halogenated alkanes) is 52. The van der Waals surface area contributed by atoms with Crippen molar-refractivity contribution in [1.29, 1.82) is 0 Å². The standard InChI is InChI=1S/C94H169NO8/c1-6-8-10-12-14-16-18-20-22-24-26-28-30-32-34-36-38-40-42-44-45-46-47-49-51-53-55-57-59-61-63-65-67-69-71-73-75-77-79-81-83-85-92(97)103-90(89-102-94(93(98)99)100-87-86-95(3,4)5)88-101-91(96)84-82-80-78-76-74-72-70-68-66-64-62-60-58-56-54-52-50-48-43-41-39-37-35-33-31-29-27-25-23-21-19-17-15-13-11-9-7-2/h8,10,14,16,20,22,25-28,32,34,38,40,44-45,90,94H,6-7,9,11-13,15,17-19,21,23-24,29-31,33,35-37,39,41-43,46-89H2,1-5H3/p+1/b10-8-,16-14-,22-20-,27-25-,28-26-,34-32-,40-38-,45-44-. The van der Waals surface area contributed by atoms with Gasteiger partial charge in [-0.3, -0.25) is 9.59 Å². The Labute approximate surface area is 639 Å². The molecule has 0 bridgehead atoms. The molecule has 0 aromatic carbocycles. The lowest BCUT2D eigenvalue weighted by atomic mass is 10.0. The molecule has 9 nitrogen and oxygen atoms in total. The highest BCUT2D eigenvalue weighted by Gasteiger charge is 2.25. The van der Waals surface area contributed by atoms with Gasteiger partial charge in [-0.15, -0.1) is 0 Å². The molecule has 0 aliphatic carbocycles. The van der Waals surface area contributed by atoms with Crippen LogP contribution in [0.3, 0.4) is 0 Å². The summed E-state index contributed by atoms with van der Waals surface area (Å²) in [7, 11) is 6.00. The van der Waals surface area contributed by atoms with Crippen LogP contribution in [0, 0.1) is 0 Å². The molecular weight excluding hydrogens is 1270 g/mol. The van der Waals surface area contributed by atoms with Crippen LogP contribution in [0.4, 0.5) is 0 Å². The number of carboxylic acids is 1. The van der Waals surface area contributed by atoms with Gasteiger partial charge in [-0.2, -0.15) is 0 Å². The van der Waals surface area contributed by atoms with E-state index in [1.54, 1.807) is 0 Å². The predicted octanol–water partition coefficient (Wildman–Crippen LogP) is 29.0. The molecule has 2 unspecified atom stereocenters. The largest absolute Gasteiger partial charge is 0.477 e. The third-order valence-electron chi connectivity index (χ3n) is 19.8. The molecule has 598 valence electrons. The highest BCUT2D eigenvalue weighted by Crippen LogP contribution is 2.20. The molecule has 0 fully saturated rings. The molecular formula is C94H170NO8+. The lowest BCUT2D eigenvalue weighted by Gasteiger charge is -2.25. The highest BCUT2D eigenvalue weighted by atomic mass is 16.7. The fourth-order valence-corrected chi connectivity index (χ4v) is 13.1. The number of likely N-dealkylation sites (N-methyl/N-ethyl adjacent to an activating group) is 1. The summed E-state index contributed by atoms with van der Waals surface area (Å²) in [5.74, 6) is -1.98. The van der Waals surface area contributed by atoms with Gasteiger partial charge in [0, 0.05) is 12.8 Å². The second-order valence-electron chi connectivity index (χ2n) is 31.2. The predicted molar refractivity (Wildman–Crippen MR) is 447 cm³/mol. The number of carbonyl (C=O) groups excluding carboxylic acids is 2. The third-order valence-corrected chi connectivity index (χ3v) is 19.8. The maximum Gasteiger partial charge on any atom is 0.361 e. The Hall–Kier alpha value is -3.79. The molecule has 0 rings (SSSR count). The Morgan fingerprint density at radius 1 is 0.301 bits per heavy atom. The molecule has 2 atom stereocenters. The number of hydrogen-bond donors (Lipinski definition) is 1. The van der Waals surface area contributed by atoms with E-state index in [1.165, 1.54) is 315 Å². The second kappa shape index (κ2) is 83.8. The summed E-state index contributed by atoms with van der Waals surface area (Å²) in [4.78, 5) is 37.8. The van der Waals surface area contributed by atoms with E-state index in [-0.39, 0.29) is 38.2 Å². The van der Waals surface area contributed by atoms with Gasteiger partial charge in [-0.25, -0.2) is 4.79 Å². The van der Waals surface area contributed by atoms with Gasteiger partial charge in [0.15, 0.2) is 6.10 Å². The van der Waals surface area contributed by atoms with E-state index in [1.807, 2.05) is 21.1 Å². The van der Waals surface area contributed by atoms with Crippen molar-refractivity contribution in [2.75, 3.05) is 47.5 Å². The molecule has 1 N–H and O–H groups in total. The van der Waals surface area contributed by atoms with Gasteiger partial charge in [-0.1, -0.05) is 413 Å². The SMILES string of the molecule is CC/C=C\C/C=C\C/C=C\C/C=C\C/C=C\C/C=C\C/C=C\CCCCCCCCCCCCCCCCCCCCCC(=O)OC(COC(=O)CCCCCCCCCCCCCCCCCCCCCCCCCCC/C=C\CCCCCCCCCC)COC(OCC[N+](C)(C)C)C(=O)O. The number of esters is 2. The van der Waals surface area contributed by atoms with Crippen LogP contribution < -0.4 is 0 Å². The number of hydrogen-bond acceptors (Lipinski definition) is 7. The first kappa shape index (κ1) is 99.2. The number of carbonyl (C=O) groups is 3. The van der Waals surface area contributed by atoms with E-state index in [2.05, 4.69) is 111 Å². The average molecular weight is 1440 g/mol.